The molecule has 0 aliphatic heterocycles. The molecule has 2 rings (SSSR count). The fraction of sp³-hybridized carbons (Fsp3) is 0.353. The minimum atomic E-state index is -3.79. The molecule has 0 aliphatic rings. The molecule has 0 fully saturated rings. The van der Waals surface area contributed by atoms with Gasteiger partial charge in [0.1, 0.15) is 4.21 Å². The standard InChI is InChI=1S/C17H22ClN3O5S3/c1-4-21(5-2)28(23,24)13-8-9-14(18)15(11-13)19-16(22)12-20(3)29(25,26)17-7-6-10-27-17/h6-11H,4-5,12H2,1-3H3,(H,19,22). The van der Waals surface area contributed by atoms with Crippen molar-refractivity contribution < 1.29 is 21.6 Å². The van der Waals surface area contributed by atoms with Gasteiger partial charge >= 0.3 is 0 Å². The molecule has 0 bridgehead atoms. The number of thiophene rings is 1. The molecule has 0 spiro atoms. The Kier molecular flexibility index (Phi) is 7.82. The summed E-state index contributed by atoms with van der Waals surface area (Å²) in [6.07, 6.45) is 0. The van der Waals surface area contributed by atoms with E-state index in [4.69, 9.17) is 11.6 Å². The van der Waals surface area contributed by atoms with Gasteiger partial charge in [0, 0.05) is 20.1 Å². The van der Waals surface area contributed by atoms with E-state index in [1.165, 1.54) is 35.6 Å². The van der Waals surface area contributed by atoms with Crippen LogP contribution in [0, 0.1) is 0 Å². The Hall–Kier alpha value is -1.50. The monoisotopic (exact) mass is 479 g/mol. The number of carbonyl (C=O) groups excluding carboxylic acids is 1. The molecule has 160 valence electrons. The van der Waals surface area contributed by atoms with Crippen molar-refractivity contribution in [3.05, 3.63) is 40.7 Å². The van der Waals surface area contributed by atoms with Crippen molar-refractivity contribution in [1.82, 2.24) is 8.61 Å². The van der Waals surface area contributed by atoms with E-state index in [0.29, 0.717) is 13.1 Å². The summed E-state index contributed by atoms with van der Waals surface area (Å²) < 4.78 is 52.5. The quantitative estimate of drug-likeness (QED) is 0.595. The second-order valence-corrected chi connectivity index (χ2v) is 11.5. The Labute approximate surface area is 180 Å². The number of rotatable bonds is 9. The van der Waals surface area contributed by atoms with Crippen LogP contribution in [0.1, 0.15) is 13.8 Å². The minimum Gasteiger partial charge on any atom is -0.324 e. The lowest BCUT2D eigenvalue weighted by molar-refractivity contribution is -0.116. The van der Waals surface area contributed by atoms with E-state index < -0.39 is 32.5 Å². The fourth-order valence-corrected chi connectivity index (χ4v) is 6.49. The van der Waals surface area contributed by atoms with Crippen LogP contribution in [-0.4, -0.2) is 58.0 Å². The van der Waals surface area contributed by atoms with E-state index in [1.807, 2.05) is 0 Å². The number of nitrogens with zero attached hydrogens (tertiary/aromatic N) is 2. The van der Waals surface area contributed by atoms with Crippen molar-refractivity contribution in [2.45, 2.75) is 23.0 Å². The maximum Gasteiger partial charge on any atom is 0.252 e. The summed E-state index contributed by atoms with van der Waals surface area (Å²) in [5.41, 5.74) is 0.0896. The van der Waals surface area contributed by atoms with E-state index in [0.717, 1.165) is 15.6 Å². The third kappa shape index (κ3) is 5.36. The van der Waals surface area contributed by atoms with Crippen LogP contribution < -0.4 is 5.32 Å². The summed E-state index contributed by atoms with van der Waals surface area (Å²) in [5, 5.41) is 4.26. The molecule has 0 unspecified atom stereocenters. The number of sulfonamides is 2. The zero-order valence-electron chi connectivity index (χ0n) is 16.1. The van der Waals surface area contributed by atoms with Crippen molar-refractivity contribution in [1.29, 1.82) is 0 Å². The predicted molar refractivity (Wildman–Crippen MR) is 114 cm³/mol. The molecule has 2 aromatic rings. The van der Waals surface area contributed by atoms with Crippen molar-refractivity contribution >= 4 is 54.6 Å². The van der Waals surface area contributed by atoms with Gasteiger partial charge in [-0.05, 0) is 29.6 Å². The zero-order chi connectivity index (χ0) is 21.8. The lowest BCUT2D eigenvalue weighted by atomic mass is 10.3. The van der Waals surface area contributed by atoms with Crippen molar-refractivity contribution in [3.63, 3.8) is 0 Å². The van der Waals surface area contributed by atoms with Crippen LogP contribution in [0.4, 0.5) is 5.69 Å². The second kappa shape index (κ2) is 9.54. The Balaban J connectivity index is 2.20. The van der Waals surface area contributed by atoms with Crippen LogP contribution in [-0.2, 0) is 24.8 Å². The maximum atomic E-state index is 12.7. The van der Waals surface area contributed by atoms with Gasteiger partial charge in [-0.2, -0.15) is 8.61 Å². The van der Waals surface area contributed by atoms with E-state index in [1.54, 1.807) is 25.3 Å². The second-order valence-electron chi connectivity index (χ2n) is 5.97. The fourth-order valence-electron chi connectivity index (χ4n) is 2.51. The molecular weight excluding hydrogens is 458 g/mol. The van der Waals surface area contributed by atoms with Gasteiger partial charge in [-0.15, -0.1) is 11.3 Å². The maximum absolute atomic E-state index is 12.7. The van der Waals surface area contributed by atoms with E-state index in [-0.39, 0.29) is 19.8 Å². The first-order valence-corrected chi connectivity index (χ1v) is 12.8. The van der Waals surface area contributed by atoms with Gasteiger partial charge < -0.3 is 5.32 Å². The molecule has 12 heteroatoms. The zero-order valence-corrected chi connectivity index (χ0v) is 19.3. The highest BCUT2D eigenvalue weighted by Gasteiger charge is 2.25. The summed E-state index contributed by atoms with van der Waals surface area (Å²) in [7, 11) is -6.23. The molecule has 1 heterocycles. The van der Waals surface area contributed by atoms with Crippen molar-refractivity contribution in [3.8, 4) is 0 Å². The number of halogens is 1. The number of carbonyl (C=O) groups is 1. The predicted octanol–water partition coefficient (Wildman–Crippen LogP) is 2.69. The normalized spacial score (nSPS) is 12.5. The number of nitrogens with one attached hydrogen (secondary N) is 1. The average molecular weight is 480 g/mol. The van der Waals surface area contributed by atoms with Crippen LogP contribution in [0.15, 0.2) is 44.8 Å². The third-order valence-electron chi connectivity index (χ3n) is 4.08. The minimum absolute atomic E-state index is 0.0135. The number of hydrogen-bond donors (Lipinski definition) is 1. The molecule has 1 amide bonds. The highest BCUT2D eigenvalue weighted by molar-refractivity contribution is 7.91. The Morgan fingerprint density at radius 1 is 1.10 bits per heavy atom. The summed E-state index contributed by atoms with van der Waals surface area (Å²) in [6.45, 7) is 3.60. The molecule has 1 aromatic carbocycles. The van der Waals surface area contributed by atoms with E-state index in [9.17, 15) is 21.6 Å². The van der Waals surface area contributed by atoms with Gasteiger partial charge in [-0.25, -0.2) is 16.8 Å². The van der Waals surface area contributed by atoms with Crippen LogP contribution in [0.25, 0.3) is 0 Å². The Morgan fingerprint density at radius 3 is 2.31 bits per heavy atom. The number of anilines is 1. The van der Waals surface area contributed by atoms with Crippen molar-refractivity contribution in [2.75, 3.05) is 32.0 Å². The van der Waals surface area contributed by atoms with Gasteiger partial charge in [0.25, 0.3) is 10.0 Å². The lowest BCUT2D eigenvalue weighted by Gasteiger charge is -2.19. The summed E-state index contributed by atoms with van der Waals surface area (Å²) in [5.74, 6) is -0.646. The van der Waals surface area contributed by atoms with Crippen LogP contribution in [0.3, 0.4) is 0 Å². The first kappa shape index (κ1) is 23.8. The number of amides is 1. The smallest absolute Gasteiger partial charge is 0.252 e. The van der Waals surface area contributed by atoms with Crippen LogP contribution in [0.5, 0.6) is 0 Å². The topological polar surface area (TPSA) is 104 Å². The molecule has 8 nitrogen and oxygen atoms in total. The van der Waals surface area contributed by atoms with Crippen LogP contribution >= 0.6 is 22.9 Å². The number of hydrogen-bond acceptors (Lipinski definition) is 6. The first-order valence-electron chi connectivity index (χ1n) is 8.63. The molecule has 0 radical (unpaired) electrons. The Bertz CT molecular complexity index is 1070. The highest BCUT2D eigenvalue weighted by atomic mass is 35.5. The molecule has 0 saturated heterocycles. The summed E-state index contributed by atoms with van der Waals surface area (Å²) in [4.78, 5) is 12.4. The molecule has 0 atom stereocenters. The lowest BCUT2D eigenvalue weighted by Crippen LogP contribution is -2.34. The van der Waals surface area contributed by atoms with Gasteiger partial charge in [-0.1, -0.05) is 31.5 Å². The Morgan fingerprint density at radius 2 is 1.76 bits per heavy atom. The van der Waals surface area contributed by atoms with Gasteiger partial charge in [0.05, 0.1) is 22.2 Å². The van der Waals surface area contributed by atoms with Gasteiger partial charge in [0.15, 0.2) is 0 Å². The van der Waals surface area contributed by atoms with Crippen LogP contribution in [0.2, 0.25) is 5.02 Å². The van der Waals surface area contributed by atoms with E-state index >= 15 is 0 Å². The molecule has 1 N–H and O–H groups in total. The SMILES string of the molecule is CCN(CC)S(=O)(=O)c1ccc(Cl)c(NC(=O)CN(C)S(=O)(=O)c2cccs2)c1. The highest BCUT2D eigenvalue weighted by Crippen LogP contribution is 2.27. The molecule has 29 heavy (non-hydrogen) atoms. The molecule has 0 saturated carbocycles. The number of likely N-dealkylation sites (N-methyl/N-ethyl adjacent to an activating group) is 1. The molecule has 1 aromatic heterocycles. The summed E-state index contributed by atoms with van der Waals surface area (Å²) >= 11 is 7.14. The third-order valence-corrected chi connectivity index (χ3v) is 9.63. The van der Waals surface area contributed by atoms with Gasteiger partial charge in [0.2, 0.25) is 15.9 Å². The largest absolute Gasteiger partial charge is 0.324 e. The first-order chi connectivity index (χ1) is 13.5. The number of benzene rings is 1. The summed E-state index contributed by atoms with van der Waals surface area (Å²) in [6, 6.07) is 7.06. The van der Waals surface area contributed by atoms with Crippen molar-refractivity contribution in [2.24, 2.45) is 0 Å². The average Bonchev–Trinajstić information content (AvgIpc) is 3.19. The van der Waals surface area contributed by atoms with Gasteiger partial charge in [-0.3, -0.25) is 4.79 Å². The molecular formula is C17H22ClN3O5S3. The van der Waals surface area contributed by atoms with E-state index in [2.05, 4.69) is 5.32 Å². The molecule has 0 aliphatic carbocycles.